The lowest BCUT2D eigenvalue weighted by atomic mass is 10.2. The minimum Gasteiger partial charge on any atom is -0.270 e. The molecule has 2 aromatic heterocycles. The SMILES string of the molecule is O=S(=O)(NCC(c1cccs1)n1cccn1)c1ccc(N2CCCCS2(=O)=O)cc1. The van der Waals surface area contributed by atoms with Gasteiger partial charge in [-0.1, -0.05) is 6.07 Å². The molecule has 3 heterocycles. The summed E-state index contributed by atoms with van der Waals surface area (Å²) in [5.74, 6) is 0.117. The van der Waals surface area contributed by atoms with Gasteiger partial charge in [-0.3, -0.25) is 8.99 Å². The second-order valence-corrected chi connectivity index (χ2v) is 11.7. The summed E-state index contributed by atoms with van der Waals surface area (Å²) in [6.45, 7) is 0.561. The van der Waals surface area contributed by atoms with Crippen molar-refractivity contribution in [2.45, 2.75) is 23.8 Å². The van der Waals surface area contributed by atoms with E-state index in [9.17, 15) is 16.8 Å². The predicted molar refractivity (Wildman–Crippen MR) is 117 cm³/mol. The highest BCUT2D eigenvalue weighted by molar-refractivity contribution is 7.92. The molecule has 1 unspecified atom stereocenters. The maximum atomic E-state index is 12.8. The maximum Gasteiger partial charge on any atom is 0.240 e. The van der Waals surface area contributed by atoms with Gasteiger partial charge in [0.15, 0.2) is 0 Å². The number of hydrogen-bond donors (Lipinski definition) is 1. The van der Waals surface area contributed by atoms with Crippen molar-refractivity contribution >= 4 is 37.1 Å². The van der Waals surface area contributed by atoms with Gasteiger partial charge in [0.25, 0.3) is 0 Å². The van der Waals surface area contributed by atoms with Crippen molar-refractivity contribution < 1.29 is 16.8 Å². The highest BCUT2D eigenvalue weighted by Gasteiger charge is 2.26. The first-order chi connectivity index (χ1) is 14.4. The zero-order chi connectivity index (χ0) is 21.2. The Hall–Kier alpha value is -2.21. The van der Waals surface area contributed by atoms with Crippen LogP contribution in [-0.2, 0) is 20.0 Å². The smallest absolute Gasteiger partial charge is 0.240 e. The standard InChI is InChI=1S/C19H22N4O4S3/c24-29(25)14-2-1-12-23(29)16-6-8-17(9-7-16)30(26,27)21-15-18(19-5-3-13-28-19)22-11-4-10-20-22/h3-11,13,18,21H,1-2,12,14-15H2. The summed E-state index contributed by atoms with van der Waals surface area (Å²) < 4.78 is 55.9. The van der Waals surface area contributed by atoms with E-state index in [4.69, 9.17) is 0 Å². The average molecular weight is 467 g/mol. The number of rotatable bonds is 7. The number of anilines is 1. The lowest BCUT2D eigenvalue weighted by Crippen LogP contribution is -2.37. The molecule has 1 atom stereocenters. The fourth-order valence-electron chi connectivity index (χ4n) is 3.41. The predicted octanol–water partition coefficient (Wildman–Crippen LogP) is 2.44. The number of aromatic nitrogens is 2. The van der Waals surface area contributed by atoms with Gasteiger partial charge in [-0.25, -0.2) is 21.6 Å². The van der Waals surface area contributed by atoms with Crippen LogP contribution in [0.5, 0.6) is 0 Å². The minimum atomic E-state index is -3.77. The van der Waals surface area contributed by atoms with E-state index < -0.39 is 20.0 Å². The van der Waals surface area contributed by atoms with Gasteiger partial charge in [0.2, 0.25) is 20.0 Å². The number of benzene rings is 1. The molecule has 160 valence electrons. The Labute approximate surface area is 180 Å². The van der Waals surface area contributed by atoms with Crippen LogP contribution >= 0.6 is 11.3 Å². The second kappa shape index (κ2) is 8.50. The van der Waals surface area contributed by atoms with E-state index >= 15 is 0 Å². The topological polar surface area (TPSA) is 101 Å². The van der Waals surface area contributed by atoms with Crippen molar-refractivity contribution in [1.29, 1.82) is 0 Å². The number of nitrogens with one attached hydrogen (secondary N) is 1. The molecule has 1 saturated heterocycles. The molecular weight excluding hydrogens is 444 g/mol. The van der Waals surface area contributed by atoms with Crippen LogP contribution in [0.2, 0.25) is 0 Å². The van der Waals surface area contributed by atoms with Crippen LogP contribution in [0.3, 0.4) is 0 Å². The zero-order valence-electron chi connectivity index (χ0n) is 16.1. The van der Waals surface area contributed by atoms with E-state index in [1.807, 2.05) is 17.5 Å². The highest BCUT2D eigenvalue weighted by Crippen LogP contribution is 2.26. The molecule has 1 aliphatic heterocycles. The fraction of sp³-hybridized carbons (Fsp3) is 0.316. The fourth-order valence-corrected chi connectivity index (χ4v) is 6.91. The first kappa shape index (κ1) is 21.0. The molecule has 0 amide bonds. The summed E-state index contributed by atoms with van der Waals surface area (Å²) in [6, 6.07) is 11.4. The van der Waals surface area contributed by atoms with Gasteiger partial charge in [0.05, 0.1) is 22.4 Å². The Balaban J connectivity index is 1.51. The first-order valence-electron chi connectivity index (χ1n) is 9.49. The van der Waals surface area contributed by atoms with Crippen molar-refractivity contribution in [2.24, 2.45) is 0 Å². The molecule has 8 nitrogen and oxygen atoms in total. The Kier molecular flexibility index (Phi) is 5.96. The Morgan fingerprint density at radius 2 is 1.93 bits per heavy atom. The summed E-state index contributed by atoms with van der Waals surface area (Å²) in [5, 5.41) is 6.19. The van der Waals surface area contributed by atoms with E-state index in [2.05, 4.69) is 9.82 Å². The van der Waals surface area contributed by atoms with Crippen LogP contribution < -0.4 is 9.03 Å². The third kappa shape index (κ3) is 4.43. The molecule has 1 aliphatic rings. The lowest BCUT2D eigenvalue weighted by molar-refractivity contribution is 0.511. The summed E-state index contributed by atoms with van der Waals surface area (Å²) in [4.78, 5) is 1.08. The molecule has 0 bridgehead atoms. The molecule has 1 N–H and O–H groups in total. The molecule has 1 aromatic carbocycles. The Bertz CT molecular complexity index is 1140. The summed E-state index contributed by atoms with van der Waals surface area (Å²) in [6.07, 6.45) is 4.89. The van der Waals surface area contributed by atoms with Crippen molar-refractivity contribution in [3.8, 4) is 0 Å². The monoisotopic (exact) mass is 466 g/mol. The van der Waals surface area contributed by atoms with Gasteiger partial charge in [0, 0.05) is 30.4 Å². The van der Waals surface area contributed by atoms with Gasteiger partial charge in [0.1, 0.15) is 0 Å². The maximum absolute atomic E-state index is 12.8. The van der Waals surface area contributed by atoms with Crippen LogP contribution in [0.1, 0.15) is 23.8 Å². The van der Waals surface area contributed by atoms with Gasteiger partial charge >= 0.3 is 0 Å². The van der Waals surface area contributed by atoms with E-state index in [0.717, 1.165) is 11.3 Å². The normalized spacial score (nSPS) is 17.7. The zero-order valence-corrected chi connectivity index (χ0v) is 18.5. The average Bonchev–Trinajstić information content (AvgIpc) is 3.43. The molecule has 0 saturated carbocycles. The molecule has 3 aromatic rings. The summed E-state index contributed by atoms with van der Waals surface area (Å²) in [5.41, 5.74) is 0.488. The van der Waals surface area contributed by atoms with Crippen LogP contribution in [0.25, 0.3) is 0 Å². The molecule has 0 spiro atoms. The van der Waals surface area contributed by atoms with Gasteiger partial charge in [-0.2, -0.15) is 5.10 Å². The highest BCUT2D eigenvalue weighted by atomic mass is 32.2. The number of sulfonamides is 2. The summed E-state index contributed by atoms with van der Waals surface area (Å²) in [7, 11) is -7.11. The Morgan fingerprint density at radius 1 is 1.13 bits per heavy atom. The van der Waals surface area contributed by atoms with Crippen molar-refractivity contribution in [3.63, 3.8) is 0 Å². The van der Waals surface area contributed by atoms with Crippen molar-refractivity contribution in [1.82, 2.24) is 14.5 Å². The number of hydrogen-bond acceptors (Lipinski definition) is 6. The Morgan fingerprint density at radius 3 is 2.57 bits per heavy atom. The lowest BCUT2D eigenvalue weighted by Gasteiger charge is -2.28. The quantitative estimate of drug-likeness (QED) is 0.576. The molecule has 1 fully saturated rings. The van der Waals surface area contributed by atoms with Crippen LogP contribution in [-0.4, -0.2) is 45.5 Å². The van der Waals surface area contributed by atoms with Crippen molar-refractivity contribution in [2.75, 3.05) is 23.1 Å². The third-order valence-electron chi connectivity index (χ3n) is 4.97. The van der Waals surface area contributed by atoms with Crippen molar-refractivity contribution in [3.05, 3.63) is 65.1 Å². The van der Waals surface area contributed by atoms with E-state index in [0.29, 0.717) is 18.7 Å². The minimum absolute atomic E-state index is 0.0889. The molecule has 11 heteroatoms. The molecule has 0 aliphatic carbocycles. The second-order valence-electron chi connectivity index (χ2n) is 6.96. The van der Waals surface area contributed by atoms with Crippen LogP contribution in [0, 0.1) is 0 Å². The van der Waals surface area contributed by atoms with Crippen LogP contribution in [0.15, 0.2) is 65.1 Å². The molecule has 4 rings (SSSR count). The largest absolute Gasteiger partial charge is 0.270 e. The number of thiophene rings is 1. The molecular formula is C19H22N4O4S3. The third-order valence-corrected chi connectivity index (χ3v) is 9.25. The van der Waals surface area contributed by atoms with Crippen LogP contribution in [0.4, 0.5) is 5.69 Å². The summed E-state index contributed by atoms with van der Waals surface area (Å²) >= 11 is 1.54. The first-order valence-corrected chi connectivity index (χ1v) is 13.5. The van der Waals surface area contributed by atoms with Gasteiger partial charge in [-0.05, 0) is 54.6 Å². The molecule has 0 radical (unpaired) electrons. The van der Waals surface area contributed by atoms with E-state index in [1.165, 1.54) is 27.8 Å². The van der Waals surface area contributed by atoms with E-state index in [1.54, 1.807) is 35.3 Å². The molecule has 30 heavy (non-hydrogen) atoms. The van der Waals surface area contributed by atoms with E-state index in [-0.39, 0.29) is 23.2 Å². The van der Waals surface area contributed by atoms with Gasteiger partial charge in [-0.15, -0.1) is 11.3 Å². The number of nitrogens with zero attached hydrogens (tertiary/aromatic N) is 3. The van der Waals surface area contributed by atoms with Gasteiger partial charge < -0.3 is 0 Å².